The first kappa shape index (κ1) is 15.5. The molecule has 1 N–H and O–H groups in total. The molecule has 0 radical (unpaired) electrons. The number of thiophene rings is 1. The normalized spacial score (nSPS) is 12.2. The summed E-state index contributed by atoms with van der Waals surface area (Å²) in [4.78, 5) is 13.1. The van der Waals surface area contributed by atoms with Gasteiger partial charge in [0.1, 0.15) is 6.04 Å². The summed E-state index contributed by atoms with van der Waals surface area (Å²) in [7, 11) is 1.38. The standard InChI is InChI=1S/C14H13BrClNO2S/c1-19-14(18)13(17-8-10-3-2-6-20-10)11-5-4-9(16)7-12(11)15/h2-7,13,17H,8H2,1H3. The molecule has 20 heavy (non-hydrogen) atoms. The average molecular weight is 375 g/mol. The second-order valence-electron chi connectivity index (χ2n) is 4.08. The van der Waals surface area contributed by atoms with Gasteiger partial charge < -0.3 is 4.74 Å². The van der Waals surface area contributed by atoms with E-state index in [2.05, 4.69) is 21.2 Å². The fourth-order valence-corrected chi connectivity index (χ4v) is 3.36. The van der Waals surface area contributed by atoms with E-state index >= 15 is 0 Å². The molecular formula is C14H13BrClNO2S. The fraction of sp³-hybridized carbons (Fsp3) is 0.214. The average Bonchev–Trinajstić information content (AvgIpc) is 2.93. The van der Waals surface area contributed by atoms with Crippen LogP contribution in [0.1, 0.15) is 16.5 Å². The summed E-state index contributed by atoms with van der Waals surface area (Å²) in [6.07, 6.45) is 0. The zero-order valence-corrected chi connectivity index (χ0v) is 13.9. The van der Waals surface area contributed by atoms with Crippen LogP contribution in [-0.2, 0) is 16.1 Å². The molecule has 1 unspecified atom stereocenters. The molecule has 0 saturated heterocycles. The molecule has 6 heteroatoms. The quantitative estimate of drug-likeness (QED) is 0.798. The van der Waals surface area contributed by atoms with E-state index in [1.165, 1.54) is 7.11 Å². The SMILES string of the molecule is COC(=O)C(NCc1cccs1)c1ccc(Cl)cc1Br. The topological polar surface area (TPSA) is 38.3 Å². The van der Waals surface area contributed by atoms with Crippen LogP contribution in [0.15, 0.2) is 40.2 Å². The summed E-state index contributed by atoms with van der Waals surface area (Å²) in [5.41, 5.74) is 0.804. The molecule has 0 amide bonds. The second kappa shape index (κ2) is 7.22. The van der Waals surface area contributed by atoms with Gasteiger partial charge in [-0.3, -0.25) is 5.32 Å². The number of hydrogen-bond donors (Lipinski definition) is 1. The number of halogens is 2. The highest BCUT2D eigenvalue weighted by Crippen LogP contribution is 2.28. The van der Waals surface area contributed by atoms with Gasteiger partial charge in [-0.15, -0.1) is 11.3 Å². The molecule has 1 aromatic carbocycles. The zero-order valence-electron chi connectivity index (χ0n) is 10.7. The minimum atomic E-state index is -0.534. The van der Waals surface area contributed by atoms with Crippen molar-refractivity contribution in [3.63, 3.8) is 0 Å². The molecule has 0 bridgehead atoms. The molecule has 1 atom stereocenters. The van der Waals surface area contributed by atoms with E-state index in [0.717, 1.165) is 14.9 Å². The van der Waals surface area contributed by atoms with Crippen LogP contribution in [-0.4, -0.2) is 13.1 Å². The third-order valence-electron chi connectivity index (χ3n) is 2.77. The van der Waals surface area contributed by atoms with Gasteiger partial charge in [0.2, 0.25) is 0 Å². The molecule has 3 nitrogen and oxygen atoms in total. The molecule has 1 aromatic heterocycles. The number of rotatable bonds is 5. The Morgan fingerprint density at radius 3 is 2.90 bits per heavy atom. The van der Waals surface area contributed by atoms with Crippen LogP contribution in [0.5, 0.6) is 0 Å². The number of carbonyl (C=O) groups excluding carboxylic acids is 1. The molecule has 0 saturated carbocycles. The molecule has 2 rings (SSSR count). The van der Waals surface area contributed by atoms with Crippen LogP contribution in [0.25, 0.3) is 0 Å². The Bertz CT molecular complexity index is 589. The molecule has 1 heterocycles. The highest BCUT2D eigenvalue weighted by atomic mass is 79.9. The lowest BCUT2D eigenvalue weighted by Crippen LogP contribution is -2.29. The van der Waals surface area contributed by atoms with Crippen LogP contribution in [0, 0.1) is 0 Å². The molecule has 0 aliphatic heterocycles. The van der Waals surface area contributed by atoms with Crippen LogP contribution in [0.3, 0.4) is 0 Å². The van der Waals surface area contributed by atoms with Crippen LogP contribution in [0.2, 0.25) is 5.02 Å². The van der Waals surface area contributed by atoms with E-state index in [1.54, 1.807) is 23.5 Å². The number of ether oxygens (including phenoxy) is 1. The van der Waals surface area contributed by atoms with Gasteiger partial charge in [-0.1, -0.05) is 39.7 Å². The van der Waals surface area contributed by atoms with Crippen molar-refractivity contribution in [1.82, 2.24) is 5.32 Å². The van der Waals surface area contributed by atoms with Crippen LogP contribution < -0.4 is 5.32 Å². The summed E-state index contributed by atoms with van der Waals surface area (Å²) in [5, 5.41) is 5.83. The number of benzene rings is 1. The Labute approximate surface area is 135 Å². The minimum absolute atomic E-state index is 0.329. The summed E-state index contributed by atoms with van der Waals surface area (Å²) in [6.45, 7) is 0.604. The maximum Gasteiger partial charge on any atom is 0.327 e. The highest BCUT2D eigenvalue weighted by Gasteiger charge is 2.23. The van der Waals surface area contributed by atoms with Gasteiger partial charge in [0, 0.05) is 20.9 Å². The van der Waals surface area contributed by atoms with Gasteiger partial charge >= 0.3 is 5.97 Å². The monoisotopic (exact) mass is 373 g/mol. The molecule has 106 valence electrons. The van der Waals surface area contributed by atoms with Gasteiger partial charge in [0.25, 0.3) is 0 Å². The summed E-state index contributed by atoms with van der Waals surface area (Å²) >= 11 is 11.0. The van der Waals surface area contributed by atoms with Gasteiger partial charge in [-0.05, 0) is 29.1 Å². The van der Waals surface area contributed by atoms with Crippen LogP contribution >= 0.6 is 38.9 Å². The van der Waals surface area contributed by atoms with E-state index in [1.807, 2.05) is 23.6 Å². The lowest BCUT2D eigenvalue weighted by atomic mass is 10.1. The van der Waals surface area contributed by atoms with Crippen molar-refractivity contribution in [3.8, 4) is 0 Å². The second-order valence-corrected chi connectivity index (χ2v) is 6.41. The number of nitrogens with one attached hydrogen (secondary N) is 1. The van der Waals surface area contributed by atoms with Crippen LogP contribution in [0.4, 0.5) is 0 Å². The van der Waals surface area contributed by atoms with E-state index in [4.69, 9.17) is 16.3 Å². The maximum atomic E-state index is 12.0. The Kier molecular flexibility index (Phi) is 5.60. The highest BCUT2D eigenvalue weighted by molar-refractivity contribution is 9.10. The predicted octanol–water partition coefficient (Wildman–Crippen LogP) is 4.17. The molecule has 0 aliphatic rings. The Balaban J connectivity index is 2.20. The van der Waals surface area contributed by atoms with Crippen molar-refractivity contribution in [3.05, 3.63) is 55.6 Å². The van der Waals surface area contributed by atoms with Gasteiger partial charge in [0.15, 0.2) is 0 Å². The van der Waals surface area contributed by atoms with Gasteiger partial charge in [0.05, 0.1) is 7.11 Å². The van der Waals surface area contributed by atoms with Gasteiger partial charge in [-0.25, -0.2) is 4.79 Å². The Morgan fingerprint density at radius 2 is 2.30 bits per heavy atom. The lowest BCUT2D eigenvalue weighted by Gasteiger charge is -2.18. The van der Waals surface area contributed by atoms with Crippen molar-refractivity contribution < 1.29 is 9.53 Å². The van der Waals surface area contributed by atoms with Crippen molar-refractivity contribution in [2.45, 2.75) is 12.6 Å². The number of methoxy groups -OCH3 is 1. The Morgan fingerprint density at radius 1 is 1.50 bits per heavy atom. The number of carbonyl (C=O) groups is 1. The van der Waals surface area contributed by atoms with Crippen molar-refractivity contribution in [2.24, 2.45) is 0 Å². The lowest BCUT2D eigenvalue weighted by molar-refractivity contribution is -0.143. The van der Waals surface area contributed by atoms with E-state index in [9.17, 15) is 4.79 Å². The van der Waals surface area contributed by atoms with E-state index in [0.29, 0.717) is 11.6 Å². The summed E-state index contributed by atoms with van der Waals surface area (Å²) in [5.74, 6) is -0.329. The maximum absolute atomic E-state index is 12.0. The third-order valence-corrected chi connectivity index (χ3v) is 4.57. The summed E-state index contributed by atoms with van der Waals surface area (Å²) in [6, 6.07) is 8.80. The molecule has 0 aliphatic carbocycles. The smallest absolute Gasteiger partial charge is 0.327 e. The first-order valence-corrected chi connectivity index (χ1v) is 7.95. The first-order valence-electron chi connectivity index (χ1n) is 5.90. The number of esters is 1. The van der Waals surface area contributed by atoms with Crippen molar-refractivity contribution >= 4 is 44.8 Å². The van der Waals surface area contributed by atoms with E-state index < -0.39 is 6.04 Å². The zero-order chi connectivity index (χ0) is 14.5. The minimum Gasteiger partial charge on any atom is -0.468 e. The van der Waals surface area contributed by atoms with Crippen molar-refractivity contribution in [1.29, 1.82) is 0 Å². The largest absolute Gasteiger partial charge is 0.468 e. The molecule has 2 aromatic rings. The summed E-state index contributed by atoms with van der Waals surface area (Å²) < 4.78 is 5.65. The Hall–Kier alpha value is -0.880. The molecule has 0 spiro atoms. The third kappa shape index (κ3) is 3.82. The predicted molar refractivity (Wildman–Crippen MR) is 85.1 cm³/mol. The van der Waals surface area contributed by atoms with Gasteiger partial charge in [-0.2, -0.15) is 0 Å². The number of hydrogen-bond acceptors (Lipinski definition) is 4. The van der Waals surface area contributed by atoms with Crippen molar-refractivity contribution in [2.75, 3.05) is 7.11 Å². The van der Waals surface area contributed by atoms with E-state index in [-0.39, 0.29) is 5.97 Å². The molecule has 0 fully saturated rings. The first-order chi connectivity index (χ1) is 9.61. The molecular weight excluding hydrogens is 362 g/mol. The fourth-order valence-electron chi connectivity index (χ4n) is 1.79.